The summed E-state index contributed by atoms with van der Waals surface area (Å²) in [6, 6.07) is 36.1. The number of hydrogen-bond acceptors (Lipinski definition) is 7. The molecule has 3 atom stereocenters. The molecule has 7 heteroatoms. The first-order valence-corrected chi connectivity index (χ1v) is 25.4. The molecule has 0 saturated heterocycles. The van der Waals surface area contributed by atoms with Crippen LogP contribution < -0.4 is 23.7 Å². The Hall–Kier alpha value is -7.12. The van der Waals surface area contributed by atoms with Crippen LogP contribution in [0.25, 0.3) is 45.3 Å². The summed E-state index contributed by atoms with van der Waals surface area (Å²) in [4.78, 5) is 0. The van der Waals surface area contributed by atoms with Crippen LogP contribution in [-0.2, 0) is 6.42 Å². The second-order valence-electron chi connectivity index (χ2n) is 20.1. The lowest BCUT2D eigenvalue weighted by Crippen LogP contribution is -2.27. The van der Waals surface area contributed by atoms with Crippen molar-refractivity contribution in [3.8, 4) is 74.0 Å². The Morgan fingerprint density at radius 3 is 1.12 bits per heavy atom. The number of furan rings is 2. The normalized spacial score (nSPS) is 14.8. The number of ether oxygens (including phenoxy) is 5. The van der Waals surface area contributed by atoms with E-state index in [-0.39, 0.29) is 0 Å². The average Bonchev–Trinajstić information content (AvgIpc) is 3.86. The molecule has 0 radical (unpaired) electrons. The van der Waals surface area contributed by atoms with Gasteiger partial charge in [-0.1, -0.05) is 62.4 Å². The van der Waals surface area contributed by atoms with Gasteiger partial charge >= 0.3 is 0 Å². The average molecular weight is 981 g/mol. The smallest absolute Gasteiger partial charge is 0.161 e. The Bertz CT molecular complexity index is 3100. The van der Waals surface area contributed by atoms with Gasteiger partial charge in [0.15, 0.2) is 23.0 Å². The van der Waals surface area contributed by atoms with Crippen LogP contribution >= 0.6 is 0 Å². The van der Waals surface area contributed by atoms with Crippen molar-refractivity contribution in [2.45, 2.75) is 102 Å². The van der Waals surface area contributed by atoms with Crippen LogP contribution in [0.15, 0.2) is 112 Å². The van der Waals surface area contributed by atoms with E-state index in [2.05, 4.69) is 157 Å². The lowest BCUT2D eigenvalue weighted by molar-refractivity contribution is 0.325. The predicted molar refractivity (Wildman–Crippen MR) is 301 cm³/mol. The predicted octanol–water partition coefficient (Wildman–Crippen LogP) is 17.3. The number of methoxy groups -OCH3 is 5. The lowest BCUT2D eigenvalue weighted by Gasteiger charge is -2.37. The lowest BCUT2D eigenvalue weighted by atomic mass is 9.67. The summed E-state index contributed by atoms with van der Waals surface area (Å²) >= 11 is 0. The molecule has 6 aromatic carbocycles. The van der Waals surface area contributed by atoms with Gasteiger partial charge in [0.25, 0.3) is 0 Å². The molecule has 1 aliphatic carbocycles. The van der Waals surface area contributed by atoms with Crippen molar-refractivity contribution in [1.29, 1.82) is 0 Å². The summed E-state index contributed by atoms with van der Waals surface area (Å²) < 4.78 is 39.5. The highest BCUT2D eigenvalue weighted by Crippen LogP contribution is 2.46. The van der Waals surface area contributed by atoms with Gasteiger partial charge in [0.05, 0.1) is 35.5 Å². The van der Waals surface area contributed by atoms with Crippen molar-refractivity contribution in [3.05, 3.63) is 181 Å². The van der Waals surface area contributed by atoms with Crippen molar-refractivity contribution >= 4 is 0 Å². The molecular formula is C66H76O7. The van der Waals surface area contributed by atoms with E-state index >= 15 is 0 Å². The Kier molecular flexibility index (Phi) is 16.7. The Morgan fingerprint density at radius 2 is 0.726 bits per heavy atom. The van der Waals surface area contributed by atoms with Crippen molar-refractivity contribution in [2.24, 2.45) is 11.8 Å². The molecule has 0 bridgehead atoms. The number of hydrogen-bond donors (Lipinski definition) is 0. The zero-order valence-electron chi connectivity index (χ0n) is 46.6. The van der Waals surface area contributed by atoms with Gasteiger partial charge in [-0.3, -0.25) is 0 Å². The van der Waals surface area contributed by atoms with Crippen LogP contribution in [0.4, 0.5) is 0 Å². The van der Waals surface area contributed by atoms with Gasteiger partial charge in [-0.25, -0.2) is 0 Å². The molecule has 8 aromatic rings. The fourth-order valence-electron chi connectivity index (χ4n) is 10.1. The topological polar surface area (TPSA) is 72.4 Å². The first-order chi connectivity index (χ1) is 34.8. The molecule has 0 aliphatic heterocycles. The Balaban J connectivity index is 0.000000160. The zero-order chi connectivity index (χ0) is 53.0. The standard InChI is InChI=1S/2C22H24O3.C22H28O/c2*1-13-7-8-17(11-14(13)2)21-15(3)16(4)22(25-21)18-9-10-19(23-5)20(12-18)24-6;1-13-9-19-10-15(3)17(5)22(20(19)12-14(13)2)18-7-8-21(23-6)16(4)11-18/h2*7-12H,1-6H3;7-9,11-12,15,17,22H,10H2,1-6H3/t;;15-,17-,22-/m..1/s1. The van der Waals surface area contributed by atoms with Crippen LogP contribution in [0.2, 0.25) is 0 Å². The van der Waals surface area contributed by atoms with Crippen LogP contribution in [0.1, 0.15) is 97.7 Å². The van der Waals surface area contributed by atoms with Crippen LogP contribution in [0.3, 0.4) is 0 Å². The van der Waals surface area contributed by atoms with Crippen LogP contribution in [-0.4, -0.2) is 35.5 Å². The van der Waals surface area contributed by atoms with Gasteiger partial charge in [0, 0.05) is 28.2 Å². The van der Waals surface area contributed by atoms with E-state index in [1.807, 2.05) is 36.4 Å². The number of fused-ring (bicyclic) bond motifs is 1. The van der Waals surface area contributed by atoms with Gasteiger partial charge in [0.2, 0.25) is 0 Å². The summed E-state index contributed by atoms with van der Waals surface area (Å²) in [5.74, 6) is 9.21. The third kappa shape index (κ3) is 11.1. The molecule has 0 amide bonds. The SMILES string of the molecule is COc1ccc(-c2oc(-c3ccc(C)c(C)c3)c(C)c2C)cc1OC.COc1ccc(-c2oc(-c3ccc(C)c(C)c3)c(C)c2C)cc1OC.COc1ccc([C@@H]2c3cc(C)c(C)cc3C[C@@H](C)[C@H]2C)cc1C. The molecule has 0 saturated carbocycles. The van der Waals surface area contributed by atoms with E-state index in [4.69, 9.17) is 32.5 Å². The second-order valence-corrected chi connectivity index (χ2v) is 20.1. The minimum absolute atomic E-state index is 0.484. The molecule has 73 heavy (non-hydrogen) atoms. The van der Waals surface area contributed by atoms with E-state index in [1.165, 1.54) is 62.1 Å². The molecule has 0 N–H and O–H groups in total. The zero-order valence-corrected chi connectivity index (χ0v) is 46.6. The van der Waals surface area contributed by atoms with Gasteiger partial charge in [-0.05, 0) is 227 Å². The molecule has 2 aromatic heterocycles. The van der Waals surface area contributed by atoms with Crippen molar-refractivity contribution < 1.29 is 32.5 Å². The highest BCUT2D eigenvalue weighted by atomic mass is 16.5. The molecule has 9 rings (SSSR count). The van der Waals surface area contributed by atoms with Crippen LogP contribution in [0.5, 0.6) is 28.7 Å². The van der Waals surface area contributed by atoms with E-state index in [9.17, 15) is 0 Å². The highest BCUT2D eigenvalue weighted by Gasteiger charge is 2.33. The minimum Gasteiger partial charge on any atom is -0.496 e. The fourth-order valence-corrected chi connectivity index (χ4v) is 10.1. The van der Waals surface area contributed by atoms with Crippen molar-refractivity contribution in [3.63, 3.8) is 0 Å². The molecule has 1 aliphatic rings. The second kappa shape index (κ2) is 22.7. The molecular weight excluding hydrogens is 905 g/mol. The Labute approximate surface area is 435 Å². The minimum atomic E-state index is 0.484. The maximum absolute atomic E-state index is 6.29. The maximum atomic E-state index is 6.29. The number of benzene rings is 6. The molecule has 7 nitrogen and oxygen atoms in total. The van der Waals surface area contributed by atoms with Gasteiger partial charge in [0.1, 0.15) is 28.8 Å². The van der Waals surface area contributed by atoms with E-state index in [1.54, 1.807) is 35.5 Å². The molecule has 0 spiro atoms. The van der Waals surface area contributed by atoms with E-state index in [0.29, 0.717) is 40.8 Å². The first-order valence-electron chi connectivity index (χ1n) is 25.4. The van der Waals surface area contributed by atoms with E-state index in [0.717, 1.165) is 73.3 Å². The quantitative estimate of drug-likeness (QED) is 0.135. The summed E-state index contributed by atoms with van der Waals surface area (Å²) in [6.07, 6.45) is 1.20. The number of aryl methyl sites for hydroxylation is 7. The summed E-state index contributed by atoms with van der Waals surface area (Å²) in [5, 5.41) is 0. The molecule has 0 fully saturated rings. The third-order valence-corrected chi connectivity index (χ3v) is 15.6. The maximum Gasteiger partial charge on any atom is 0.161 e. The Morgan fingerprint density at radius 1 is 0.356 bits per heavy atom. The van der Waals surface area contributed by atoms with Gasteiger partial charge in [-0.2, -0.15) is 0 Å². The van der Waals surface area contributed by atoms with Gasteiger partial charge < -0.3 is 32.5 Å². The fraction of sp³-hybridized carbons (Fsp3) is 0.333. The highest BCUT2D eigenvalue weighted by molar-refractivity contribution is 5.75. The summed E-state index contributed by atoms with van der Waals surface area (Å²) in [5.41, 5.74) is 22.4. The van der Waals surface area contributed by atoms with E-state index < -0.39 is 0 Å². The van der Waals surface area contributed by atoms with Gasteiger partial charge in [-0.15, -0.1) is 0 Å². The molecule has 0 unspecified atom stereocenters. The molecule has 382 valence electrons. The monoisotopic (exact) mass is 981 g/mol. The third-order valence-electron chi connectivity index (χ3n) is 15.6. The van der Waals surface area contributed by atoms with Crippen molar-refractivity contribution in [1.82, 2.24) is 0 Å². The number of rotatable bonds is 10. The first kappa shape index (κ1) is 53.7. The van der Waals surface area contributed by atoms with Crippen LogP contribution in [0, 0.1) is 88.0 Å². The largest absolute Gasteiger partial charge is 0.496 e. The summed E-state index contributed by atoms with van der Waals surface area (Å²) in [7, 11) is 8.30. The molecule has 2 heterocycles. The summed E-state index contributed by atoms with van der Waals surface area (Å²) in [6.45, 7) is 28.3. The van der Waals surface area contributed by atoms with Crippen molar-refractivity contribution in [2.75, 3.05) is 35.5 Å².